The molecule has 0 saturated carbocycles. The van der Waals surface area contributed by atoms with E-state index in [0.29, 0.717) is 10.7 Å². The number of hydrogen-bond donors (Lipinski definition) is 2. The maximum atomic E-state index is 14.5. The lowest BCUT2D eigenvalue weighted by molar-refractivity contribution is 0.627. The van der Waals surface area contributed by atoms with Crippen molar-refractivity contribution >= 4 is 33.8 Å². The summed E-state index contributed by atoms with van der Waals surface area (Å²) in [4.78, 5) is 4.45. The van der Waals surface area contributed by atoms with Crippen LogP contribution in [0.2, 0.25) is 0 Å². The monoisotopic (exact) mass is 357 g/mol. The number of anilines is 1. The summed E-state index contributed by atoms with van der Waals surface area (Å²) >= 11 is 6.23. The Morgan fingerprint density at radius 1 is 1.25 bits per heavy atom. The lowest BCUT2D eigenvalue weighted by Gasteiger charge is -2.11. The van der Waals surface area contributed by atoms with Gasteiger partial charge in [-0.25, -0.2) is 9.37 Å². The summed E-state index contributed by atoms with van der Waals surface area (Å²) in [5.41, 5.74) is 8.64. The Balaban J connectivity index is 1.86. The Hall–Kier alpha value is -2.31. The fraction of sp³-hybridized carbons (Fsp3) is 0.111. The lowest BCUT2D eigenvalue weighted by atomic mass is 9.95. The first kappa shape index (κ1) is 16.5. The van der Waals surface area contributed by atoms with E-state index in [1.165, 1.54) is 11.3 Å². The van der Waals surface area contributed by atoms with E-state index in [9.17, 15) is 4.39 Å². The summed E-state index contributed by atoms with van der Waals surface area (Å²) in [6.07, 6.45) is 0. The van der Waals surface area contributed by atoms with Crippen LogP contribution in [0.15, 0.2) is 53.9 Å². The fourth-order valence-corrected chi connectivity index (χ4v) is 3.45. The van der Waals surface area contributed by atoms with E-state index in [1.54, 1.807) is 6.07 Å². The van der Waals surface area contributed by atoms with Crippen molar-refractivity contribution in [3.8, 4) is 11.1 Å². The van der Waals surface area contributed by atoms with Gasteiger partial charge in [0, 0.05) is 16.9 Å². The molecule has 6 heteroatoms. The van der Waals surface area contributed by atoms with Crippen LogP contribution in [0.3, 0.4) is 0 Å². The second-order valence-corrected chi connectivity index (χ2v) is 6.69. The van der Waals surface area contributed by atoms with Crippen LogP contribution < -0.4 is 11.1 Å². The van der Waals surface area contributed by atoms with Crippen molar-refractivity contribution in [1.82, 2.24) is 4.98 Å². The van der Waals surface area contributed by atoms with Crippen LogP contribution in [-0.4, -0.2) is 10.1 Å². The number of nitrogens with two attached hydrogens (primary N) is 1. The van der Waals surface area contributed by atoms with Gasteiger partial charge in [0.25, 0.3) is 0 Å². The molecule has 1 unspecified atom stereocenters. The second kappa shape index (κ2) is 7.07. The van der Waals surface area contributed by atoms with Crippen molar-refractivity contribution < 1.29 is 4.39 Å². The number of aromatic nitrogens is 1. The van der Waals surface area contributed by atoms with Crippen LogP contribution >= 0.6 is 23.6 Å². The summed E-state index contributed by atoms with van der Waals surface area (Å²) in [5, 5.41) is 5.57. The zero-order valence-corrected chi connectivity index (χ0v) is 14.6. The van der Waals surface area contributed by atoms with Gasteiger partial charge in [0.05, 0.1) is 5.69 Å². The average molecular weight is 357 g/mol. The Bertz CT molecular complexity index is 862. The topological polar surface area (TPSA) is 50.9 Å². The summed E-state index contributed by atoms with van der Waals surface area (Å²) in [5.74, 6) is -0.260. The van der Waals surface area contributed by atoms with E-state index in [0.717, 1.165) is 16.8 Å². The van der Waals surface area contributed by atoms with E-state index >= 15 is 0 Å². The molecule has 122 valence electrons. The van der Waals surface area contributed by atoms with Gasteiger partial charge in [0.2, 0.25) is 0 Å². The minimum absolute atomic E-state index is 0.0255. The van der Waals surface area contributed by atoms with E-state index in [4.69, 9.17) is 18.0 Å². The van der Waals surface area contributed by atoms with Crippen LogP contribution in [0.25, 0.3) is 11.1 Å². The van der Waals surface area contributed by atoms with Crippen molar-refractivity contribution in [2.45, 2.75) is 12.8 Å². The molecule has 3 rings (SSSR count). The molecule has 0 fully saturated rings. The highest BCUT2D eigenvalue weighted by Gasteiger charge is 2.15. The average Bonchev–Trinajstić information content (AvgIpc) is 3.02. The van der Waals surface area contributed by atoms with Gasteiger partial charge in [-0.2, -0.15) is 0 Å². The van der Waals surface area contributed by atoms with E-state index in [2.05, 4.69) is 10.3 Å². The van der Waals surface area contributed by atoms with Crippen molar-refractivity contribution in [2.24, 2.45) is 5.73 Å². The number of rotatable bonds is 4. The number of thiazole rings is 1. The summed E-state index contributed by atoms with van der Waals surface area (Å²) in [7, 11) is 0. The maximum Gasteiger partial charge on any atom is 0.189 e. The number of benzene rings is 2. The number of halogens is 1. The largest absolute Gasteiger partial charge is 0.376 e. The third-order valence-corrected chi connectivity index (χ3v) is 4.65. The first-order valence-corrected chi connectivity index (χ1v) is 8.70. The zero-order valence-electron chi connectivity index (χ0n) is 13.0. The molecular weight excluding hydrogens is 341 g/mol. The van der Waals surface area contributed by atoms with Crippen LogP contribution in [0.1, 0.15) is 24.1 Å². The second-order valence-electron chi connectivity index (χ2n) is 5.39. The molecule has 0 aliphatic rings. The van der Waals surface area contributed by atoms with Gasteiger partial charge < -0.3 is 11.1 Å². The summed E-state index contributed by atoms with van der Waals surface area (Å²) < 4.78 is 14.5. The first-order chi connectivity index (χ1) is 11.5. The molecule has 24 heavy (non-hydrogen) atoms. The Morgan fingerprint density at radius 2 is 2.00 bits per heavy atom. The van der Waals surface area contributed by atoms with Crippen LogP contribution in [0.5, 0.6) is 0 Å². The molecule has 0 radical (unpaired) electrons. The zero-order chi connectivity index (χ0) is 17.1. The molecule has 0 aliphatic carbocycles. The number of thiocarbonyl (C=S) groups is 1. The van der Waals surface area contributed by atoms with Crippen molar-refractivity contribution in [2.75, 3.05) is 5.32 Å². The van der Waals surface area contributed by atoms with E-state index in [-0.39, 0.29) is 16.8 Å². The molecule has 2 aromatic carbocycles. The molecular formula is C18H16FN3S2. The molecule has 0 spiro atoms. The summed E-state index contributed by atoms with van der Waals surface area (Å²) in [6.45, 7) is 2.00. The van der Waals surface area contributed by atoms with E-state index in [1.807, 2.05) is 54.8 Å². The van der Waals surface area contributed by atoms with Gasteiger partial charge in [0.1, 0.15) is 5.82 Å². The van der Waals surface area contributed by atoms with Crippen LogP contribution in [0.4, 0.5) is 9.52 Å². The molecule has 1 atom stereocenters. The van der Waals surface area contributed by atoms with Gasteiger partial charge >= 0.3 is 0 Å². The SMILES string of the molecule is CC(c1ccc(-c2ccccc2)c(F)c1)c1csc(NC(N)=S)n1. The van der Waals surface area contributed by atoms with Gasteiger partial charge in [-0.15, -0.1) is 11.3 Å². The third kappa shape index (κ3) is 3.60. The third-order valence-electron chi connectivity index (χ3n) is 3.77. The van der Waals surface area contributed by atoms with Gasteiger partial charge in [0.15, 0.2) is 10.2 Å². The Kier molecular flexibility index (Phi) is 4.87. The Labute approximate surface area is 149 Å². The molecule has 1 aromatic heterocycles. The molecule has 3 N–H and O–H groups in total. The molecule has 3 aromatic rings. The molecule has 3 nitrogen and oxygen atoms in total. The molecule has 0 bridgehead atoms. The van der Waals surface area contributed by atoms with Gasteiger partial charge in [-0.1, -0.05) is 49.4 Å². The molecule has 0 amide bonds. The minimum atomic E-state index is -0.234. The Morgan fingerprint density at radius 3 is 2.67 bits per heavy atom. The normalized spacial score (nSPS) is 11.9. The number of nitrogens with zero attached hydrogens (tertiary/aromatic N) is 1. The number of nitrogens with one attached hydrogen (secondary N) is 1. The predicted molar refractivity (Wildman–Crippen MR) is 102 cm³/mol. The highest BCUT2D eigenvalue weighted by molar-refractivity contribution is 7.80. The molecule has 0 saturated heterocycles. The highest BCUT2D eigenvalue weighted by atomic mass is 32.1. The quantitative estimate of drug-likeness (QED) is 0.661. The summed E-state index contributed by atoms with van der Waals surface area (Å²) in [6, 6.07) is 14.8. The fourth-order valence-electron chi connectivity index (χ4n) is 2.47. The highest BCUT2D eigenvalue weighted by Crippen LogP contribution is 2.30. The van der Waals surface area contributed by atoms with Crippen molar-refractivity contribution in [3.63, 3.8) is 0 Å². The smallest absolute Gasteiger partial charge is 0.189 e. The molecule has 1 heterocycles. The first-order valence-electron chi connectivity index (χ1n) is 7.41. The lowest BCUT2D eigenvalue weighted by Crippen LogP contribution is -2.18. The molecule has 0 aliphatic heterocycles. The van der Waals surface area contributed by atoms with Crippen molar-refractivity contribution in [1.29, 1.82) is 0 Å². The van der Waals surface area contributed by atoms with Crippen LogP contribution in [-0.2, 0) is 0 Å². The van der Waals surface area contributed by atoms with Gasteiger partial charge in [-0.3, -0.25) is 0 Å². The standard InChI is InChI=1S/C18H16FN3S2/c1-11(16-10-24-18(21-16)22-17(20)23)13-7-8-14(15(19)9-13)12-5-3-2-4-6-12/h2-11H,1H3,(H3,20,21,22,23). The predicted octanol–water partition coefficient (Wildman–Crippen LogP) is 4.76. The van der Waals surface area contributed by atoms with Crippen molar-refractivity contribution in [3.05, 3.63) is 71.0 Å². The maximum absolute atomic E-state index is 14.5. The van der Waals surface area contributed by atoms with Gasteiger partial charge in [-0.05, 0) is 29.4 Å². The minimum Gasteiger partial charge on any atom is -0.376 e. The van der Waals surface area contributed by atoms with E-state index < -0.39 is 0 Å². The van der Waals surface area contributed by atoms with Crippen LogP contribution in [0, 0.1) is 5.82 Å². The number of hydrogen-bond acceptors (Lipinski definition) is 3.